The predicted molar refractivity (Wildman–Crippen MR) is 68.0 cm³/mol. The number of thiazole rings is 1. The Morgan fingerprint density at radius 1 is 1.44 bits per heavy atom. The average Bonchev–Trinajstić information content (AvgIpc) is 2.74. The first-order valence-electron chi connectivity index (χ1n) is 5.57. The summed E-state index contributed by atoms with van der Waals surface area (Å²) >= 11 is 1.41. The molecule has 1 aliphatic rings. The molecule has 0 aromatic carbocycles. The van der Waals surface area contributed by atoms with Crippen molar-refractivity contribution < 1.29 is 14.3 Å². The molecule has 18 heavy (non-hydrogen) atoms. The summed E-state index contributed by atoms with van der Waals surface area (Å²) < 4.78 is 4.67. The zero-order chi connectivity index (χ0) is 13.3. The van der Waals surface area contributed by atoms with Crippen LogP contribution in [0.5, 0.6) is 0 Å². The highest BCUT2D eigenvalue weighted by Crippen LogP contribution is 2.26. The van der Waals surface area contributed by atoms with E-state index in [0.29, 0.717) is 23.9 Å². The maximum atomic E-state index is 11.6. The van der Waals surface area contributed by atoms with E-state index in [0.717, 1.165) is 11.4 Å². The van der Waals surface area contributed by atoms with E-state index in [1.807, 2.05) is 11.8 Å². The van der Waals surface area contributed by atoms with Crippen LogP contribution in [0.1, 0.15) is 15.4 Å². The fourth-order valence-corrected chi connectivity index (χ4v) is 2.65. The van der Waals surface area contributed by atoms with Gasteiger partial charge in [0, 0.05) is 25.0 Å². The van der Waals surface area contributed by atoms with Gasteiger partial charge >= 0.3 is 5.97 Å². The number of anilines is 1. The maximum absolute atomic E-state index is 11.6. The van der Waals surface area contributed by atoms with Crippen LogP contribution in [0.2, 0.25) is 0 Å². The summed E-state index contributed by atoms with van der Waals surface area (Å²) in [6.07, 6.45) is 0. The number of piperazine rings is 1. The minimum absolute atomic E-state index is 0.0636. The van der Waals surface area contributed by atoms with Crippen LogP contribution < -0.4 is 4.90 Å². The fourth-order valence-electron chi connectivity index (χ4n) is 1.73. The summed E-state index contributed by atoms with van der Waals surface area (Å²) in [6.45, 7) is 3.54. The van der Waals surface area contributed by atoms with Gasteiger partial charge in [-0.1, -0.05) is 0 Å². The molecule has 0 N–H and O–H groups in total. The van der Waals surface area contributed by atoms with E-state index in [2.05, 4.69) is 9.72 Å². The normalized spacial score (nSPS) is 16.1. The van der Waals surface area contributed by atoms with E-state index in [1.54, 1.807) is 11.9 Å². The van der Waals surface area contributed by atoms with Crippen molar-refractivity contribution in [3.8, 4) is 0 Å². The number of carbonyl (C=O) groups excluding carboxylic acids is 2. The summed E-state index contributed by atoms with van der Waals surface area (Å²) in [5, 5.41) is 0.703. The first-order valence-corrected chi connectivity index (χ1v) is 6.39. The highest BCUT2D eigenvalue weighted by atomic mass is 32.1. The van der Waals surface area contributed by atoms with Crippen LogP contribution in [0, 0.1) is 6.92 Å². The van der Waals surface area contributed by atoms with Gasteiger partial charge in [0.05, 0.1) is 13.7 Å². The van der Waals surface area contributed by atoms with Crippen LogP contribution in [0.3, 0.4) is 0 Å². The van der Waals surface area contributed by atoms with Crippen LogP contribution in [-0.2, 0) is 9.53 Å². The lowest BCUT2D eigenvalue weighted by Crippen LogP contribution is -2.48. The van der Waals surface area contributed by atoms with Crippen LogP contribution in [0.15, 0.2) is 0 Å². The zero-order valence-electron chi connectivity index (χ0n) is 10.6. The molecule has 0 aliphatic carbocycles. The smallest absolute Gasteiger partial charge is 0.357 e. The lowest BCUT2D eigenvalue weighted by atomic mass is 10.3. The molecule has 0 atom stereocenters. The third-order valence-electron chi connectivity index (χ3n) is 2.89. The quantitative estimate of drug-likeness (QED) is 0.732. The Morgan fingerprint density at radius 3 is 2.78 bits per heavy atom. The molecule has 2 rings (SSSR count). The van der Waals surface area contributed by atoms with Crippen LogP contribution in [0.25, 0.3) is 0 Å². The van der Waals surface area contributed by atoms with Gasteiger partial charge in [-0.3, -0.25) is 4.79 Å². The van der Waals surface area contributed by atoms with Crippen molar-refractivity contribution in [3.63, 3.8) is 0 Å². The van der Waals surface area contributed by atoms with Crippen LogP contribution in [0.4, 0.5) is 5.13 Å². The topological polar surface area (TPSA) is 62.7 Å². The van der Waals surface area contributed by atoms with Gasteiger partial charge in [0.15, 0.2) is 10.8 Å². The van der Waals surface area contributed by atoms with Gasteiger partial charge < -0.3 is 14.5 Å². The van der Waals surface area contributed by atoms with Gasteiger partial charge in [-0.15, -0.1) is 11.3 Å². The third kappa shape index (κ3) is 2.31. The lowest BCUT2D eigenvalue weighted by Gasteiger charge is -2.31. The van der Waals surface area contributed by atoms with E-state index in [4.69, 9.17) is 0 Å². The molecule has 1 aromatic heterocycles. The van der Waals surface area contributed by atoms with E-state index in [1.165, 1.54) is 18.4 Å². The monoisotopic (exact) mass is 269 g/mol. The molecule has 0 saturated carbocycles. The Morgan fingerprint density at radius 2 is 2.17 bits per heavy atom. The van der Waals surface area contributed by atoms with Gasteiger partial charge in [-0.05, 0) is 6.92 Å². The molecule has 1 aromatic rings. The van der Waals surface area contributed by atoms with Crippen molar-refractivity contribution in [2.45, 2.75) is 6.92 Å². The Labute approximate surface area is 109 Å². The molecule has 6 nitrogen and oxygen atoms in total. The molecule has 0 unspecified atom stereocenters. The summed E-state index contributed by atoms with van der Waals surface area (Å²) in [5.41, 5.74) is 0.337. The molecule has 2 heterocycles. The Balaban J connectivity index is 2.19. The molecule has 7 heteroatoms. The van der Waals surface area contributed by atoms with Gasteiger partial charge in [-0.2, -0.15) is 0 Å². The molecular formula is C11H15N3O3S. The number of hydrogen-bond acceptors (Lipinski definition) is 6. The number of ether oxygens (including phenoxy) is 1. The first-order chi connectivity index (χ1) is 8.52. The third-order valence-corrected chi connectivity index (χ3v) is 3.92. The van der Waals surface area contributed by atoms with E-state index < -0.39 is 5.97 Å². The molecule has 0 spiro atoms. The maximum Gasteiger partial charge on any atom is 0.357 e. The van der Waals surface area contributed by atoms with Crippen molar-refractivity contribution in [2.24, 2.45) is 0 Å². The number of hydrogen-bond donors (Lipinski definition) is 0. The van der Waals surface area contributed by atoms with Gasteiger partial charge in [0.1, 0.15) is 0 Å². The number of methoxy groups -OCH3 is 1. The van der Waals surface area contributed by atoms with E-state index in [-0.39, 0.29) is 5.91 Å². The number of nitrogens with zero attached hydrogens (tertiary/aromatic N) is 3. The van der Waals surface area contributed by atoms with E-state index >= 15 is 0 Å². The number of aromatic nitrogens is 1. The Hall–Kier alpha value is -1.63. The molecule has 1 aliphatic heterocycles. The largest absolute Gasteiger partial charge is 0.464 e. The second-order valence-electron chi connectivity index (χ2n) is 4.13. The zero-order valence-corrected chi connectivity index (χ0v) is 11.4. The summed E-state index contributed by atoms with van der Waals surface area (Å²) in [7, 11) is 3.12. The number of amides is 1. The van der Waals surface area contributed by atoms with Crippen molar-refractivity contribution in [2.75, 3.05) is 38.7 Å². The predicted octanol–water partition coefficient (Wildman–Crippen LogP) is 0.517. The molecule has 98 valence electrons. The number of likely N-dealkylation sites (N-methyl/N-ethyl adjacent to an activating group) is 1. The number of esters is 1. The second kappa shape index (κ2) is 4.93. The second-order valence-corrected chi connectivity index (χ2v) is 5.31. The van der Waals surface area contributed by atoms with Crippen molar-refractivity contribution >= 4 is 28.3 Å². The Bertz CT molecular complexity index is 486. The van der Waals surface area contributed by atoms with Gasteiger partial charge in [-0.25, -0.2) is 9.78 Å². The SMILES string of the molecule is COC(=O)c1nc(N2CCN(C)C(=O)C2)sc1C. The number of aryl methyl sites for hydroxylation is 1. The summed E-state index contributed by atoms with van der Waals surface area (Å²) in [4.78, 5) is 31.8. The highest BCUT2D eigenvalue weighted by molar-refractivity contribution is 7.15. The summed E-state index contributed by atoms with van der Waals surface area (Å²) in [5.74, 6) is -0.371. The first kappa shape index (κ1) is 12.8. The molecule has 0 bridgehead atoms. The average molecular weight is 269 g/mol. The van der Waals surface area contributed by atoms with Crippen molar-refractivity contribution in [3.05, 3.63) is 10.6 Å². The highest BCUT2D eigenvalue weighted by Gasteiger charge is 2.25. The van der Waals surface area contributed by atoms with Gasteiger partial charge in [0.25, 0.3) is 0 Å². The summed E-state index contributed by atoms with van der Waals surface area (Å²) in [6, 6.07) is 0. The lowest BCUT2D eigenvalue weighted by molar-refractivity contribution is -0.129. The van der Waals surface area contributed by atoms with Crippen molar-refractivity contribution in [1.82, 2.24) is 9.88 Å². The molecule has 1 fully saturated rings. The molecular weight excluding hydrogens is 254 g/mol. The van der Waals surface area contributed by atoms with E-state index in [9.17, 15) is 9.59 Å². The number of rotatable bonds is 2. The Kier molecular flexibility index (Phi) is 3.51. The standard InChI is InChI=1S/C11H15N3O3S/c1-7-9(10(16)17-3)12-11(18-7)14-5-4-13(2)8(15)6-14/h4-6H2,1-3H3. The van der Waals surface area contributed by atoms with Gasteiger partial charge in [0.2, 0.25) is 5.91 Å². The fraction of sp³-hybridized carbons (Fsp3) is 0.545. The minimum Gasteiger partial charge on any atom is -0.464 e. The molecule has 1 amide bonds. The molecule has 0 radical (unpaired) electrons. The number of carbonyl (C=O) groups is 2. The van der Waals surface area contributed by atoms with Crippen LogP contribution in [-0.4, -0.2) is 55.6 Å². The molecule has 1 saturated heterocycles. The minimum atomic E-state index is -0.435. The van der Waals surface area contributed by atoms with Crippen molar-refractivity contribution in [1.29, 1.82) is 0 Å². The van der Waals surface area contributed by atoms with Crippen LogP contribution >= 0.6 is 11.3 Å².